The average molecular weight is 483 g/mol. The van der Waals surface area contributed by atoms with Gasteiger partial charge in [0, 0.05) is 44.1 Å². The van der Waals surface area contributed by atoms with Crippen LogP contribution in [0.5, 0.6) is 0 Å². The monoisotopic (exact) mass is 482 g/mol. The highest BCUT2D eigenvalue weighted by Crippen LogP contribution is 2.38. The van der Waals surface area contributed by atoms with Crippen LogP contribution in [-0.4, -0.2) is 64.0 Å². The van der Waals surface area contributed by atoms with Crippen molar-refractivity contribution in [1.29, 1.82) is 0 Å². The number of rotatable bonds is 6. The molecule has 1 N–H and O–H groups in total. The number of nitrogens with one attached hydrogen (secondary N) is 1. The Kier molecular flexibility index (Phi) is 7.45. The summed E-state index contributed by atoms with van der Waals surface area (Å²) >= 11 is 0. The van der Waals surface area contributed by atoms with E-state index < -0.39 is 23.5 Å². The molecule has 4 rings (SSSR count). The highest BCUT2D eigenvalue weighted by Gasteiger charge is 2.54. The van der Waals surface area contributed by atoms with Crippen LogP contribution in [0.15, 0.2) is 48.7 Å². The summed E-state index contributed by atoms with van der Waals surface area (Å²) in [5.74, 6) is -0.863. The topological polar surface area (TPSA) is 91.8 Å². The molecule has 2 saturated heterocycles. The third-order valence-corrected chi connectivity index (χ3v) is 6.52. The van der Waals surface area contributed by atoms with Crippen LogP contribution in [0, 0.1) is 11.7 Å². The first-order valence-electron chi connectivity index (χ1n) is 12.0. The van der Waals surface area contributed by atoms with Crippen LogP contribution < -0.4 is 5.32 Å². The van der Waals surface area contributed by atoms with E-state index in [-0.39, 0.29) is 36.4 Å². The van der Waals surface area contributed by atoms with Gasteiger partial charge in [-0.3, -0.25) is 24.3 Å². The molecule has 0 radical (unpaired) electrons. The first kappa shape index (κ1) is 24.8. The molecule has 8 nitrogen and oxygen atoms in total. The lowest BCUT2D eigenvalue weighted by molar-refractivity contribution is -0.144. The summed E-state index contributed by atoms with van der Waals surface area (Å²) in [5, 5.41) is 2.86. The number of piperidine rings is 1. The Morgan fingerprint density at radius 1 is 1.14 bits per heavy atom. The molecule has 1 aromatic carbocycles. The van der Waals surface area contributed by atoms with Gasteiger partial charge in [-0.05, 0) is 42.3 Å². The smallest absolute Gasteiger partial charge is 0.256 e. The van der Waals surface area contributed by atoms with Crippen LogP contribution in [0.25, 0.3) is 0 Å². The number of aromatic nitrogens is 1. The van der Waals surface area contributed by atoms with Crippen molar-refractivity contribution in [2.45, 2.75) is 51.4 Å². The van der Waals surface area contributed by atoms with E-state index in [1.807, 2.05) is 19.9 Å². The van der Waals surface area contributed by atoms with E-state index in [1.54, 1.807) is 23.2 Å². The molecule has 1 spiro atoms. The maximum absolute atomic E-state index is 13.6. The van der Waals surface area contributed by atoms with Crippen molar-refractivity contribution in [2.24, 2.45) is 5.92 Å². The number of carbonyl (C=O) groups is 3. The van der Waals surface area contributed by atoms with Gasteiger partial charge in [-0.2, -0.15) is 0 Å². The van der Waals surface area contributed by atoms with E-state index in [9.17, 15) is 18.8 Å². The third kappa shape index (κ3) is 5.51. The summed E-state index contributed by atoms with van der Waals surface area (Å²) in [7, 11) is 0. The van der Waals surface area contributed by atoms with Crippen molar-refractivity contribution in [3.63, 3.8) is 0 Å². The lowest BCUT2D eigenvalue weighted by Gasteiger charge is -2.44. The van der Waals surface area contributed by atoms with Crippen LogP contribution in [-0.2, 0) is 20.9 Å². The van der Waals surface area contributed by atoms with E-state index in [1.165, 1.54) is 29.2 Å². The highest BCUT2D eigenvalue weighted by molar-refractivity contribution is 5.98. The molecular weight excluding hydrogens is 451 g/mol. The summed E-state index contributed by atoms with van der Waals surface area (Å²) in [6.07, 6.45) is 2.90. The zero-order valence-corrected chi connectivity index (χ0v) is 20.1. The van der Waals surface area contributed by atoms with Gasteiger partial charge in [-0.15, -0.1) is 0 Å². The fourth-order valence-corrected chi connectivity index (χ4v) is 4.68. The molecule has 0 saturated carbocycles. The van der Waals surface area contributed by atoms with Gasteiger partial charge in [-0.1, -0.05) is 19.9 Å². The zero-order chi connectivity index (χ0) is 25.0. The molecule has 2 aliphatic rings. The molecule has 3 amide bonds. The number of hydrogen-bond acceptors (Lipinski definition) is 5. The van der Waals surface area contributed by atoms with Crippen molar-refractivity contribution in [3.05, 3.63) is 65.7 Å². The molecule has 0 unspecified atom stereocenters. The maximum Gasteiger partial charge on any atom is 0.256 e. The van der Waals surface area contributed by atoms with Crippen molar-refractivity contribution in [3.8, 4) is 0 Å². The molecular formula is C26H31FN4O4. The van der Waals surface area contributed by atoms with Crippen LogP contribution in [0.3, 0.4) is 0 Å². The normalized spacial score (nSPS) is 19.3. The lowest BCUT2D eigenvalue weighted by Crippen LogP contribution is -2.59. The van der Waals surface area contributed by atoms with E-state index in [0.29, 0.717) is 38.0 Å². The lowest BCUT2D eigenvalue weighted by atomic mass is 9.96. The molecule has 0 aliphatic carbocycles. The van der Waals surface area contributed by atoms with Crippen molar-refractivity contribution in [2.75, 3.05) is 19.7 Å². The van der Waals surface area contributed by atoms with Crippen LogP contribution in [0.4, 0.5) is 4.39 Å². The predicted octanol–water partition coefficient (Wildman–Crippen LogP) is 2.74. The fourth-order valence-electron chi connectivity index (χ4n) is 4.68. The van der Waals surface area contributed by atoms with Gasteiger partial charge in [0.25, 0.3) is 5.91 Å². The minimum Gasteiger partial charge on any atom is -0.353 e. The number of ether oxygens (including phenoxy) is 1. The van der Waals surface area contributed by atoms with Crippen molar-refractivity contribution in [1.82, 2.24) is 20.1 Å². The van der Waals surface area contributed by atoms with Crippen molar-refractivity contribution < 1.29 is 23.5 Å². The molecule has 1 aromatic heterocycles. The number of halogens is 1. The summed E-state index contributed by atoms with van der Waals surface area (Å²) in [6, 6.07) is 9.84. The van der Waals surface area contributed by atoms with E-state index in [2.05, 4.69) is 10.3 Å². The Bertz CT molecular complexity index is 1050. The Morgan fingerprint density at radius 3 is 2.49 bits per heavy atom. The van der Waals surface area contributed by atoms with Gasteiger partial charge in [0.1, 0.15) is 17.6 Å². The zero-order valence-electron chi connectivity index (χ0n) is 20.1. The summed E-state index contributed by atoms with van der Waals surface area (Å²) < 4.78 is 19.7. The standard InChI is InChI=1S/C26H31FN4O4/c1-18(2)15-23(32)30-13-10-26(11-14-30)31(25(34)19-6-8-20(27)9-7-19)22(17-35-26)24(33)29-16-21-5-3-4-12-28-21/h3-9,12,18,22H,10-11,13-17H2,1-2H3,(H,29,33)/t22-/m0/s1. The number of carbonyl (C=O) groups excluding carboxylic acids is 3. The summed E-state index contributed by atoms with van der Waals surface area (Å²) in [5.41, 5.74) is -0.0347. The summed E-state index contributed by atoms with van der Waals surface area (Å²) in [4.78, 5) is 46.9. The van der Waals surface area contributed by atoms with E-state index >= 15 is 0 Å². The van der Waals surface area contributed by atoms with Gasteiger partial charge in [0.05, 0.1) is 18.8 Å². The third-order valence-electron chi connectivity index (χ3n) is 6.52. The Balaban J connectivity index is 1.54. The second-order valence-electron chi connectivity index (χ2n) is 9.47. The minimum absolute atomic E-state index is 0.0426. The maximum atomic E-state index is 13.6. The summed E-state index contributed by atoms with van der Waals surface area (Å²) in [6.45, 7) is 5.13. The molecule has 2 aliphatic heterocycles. The molecule has 9 heteroatoms. The SMILES string of the molecule is CC(C)CC(=O)N1CCC2(CC1)OC[C@@H](C(=O)NCc1ccccn1)N2C(=O)c1ccc(F)cc1. The molecule has 35 heavy (non-hydrogen) atoms. The first-order chi connectivity index (χ1) is 16.8. The van der Waals surface area contributed by atoms with Crippen LogP contribution >= 0.6 is 0 Å². The van der Waals surface area contributed by atoms with Gasteiger partial charge in [-0.25, -0.2) is 4.39 Å². The van der Waals surface area contributed by atoms with Crippen LogP contribution in [0.1, 0.15) is 49.2 Å². The molecule has 186 valence electrons. The number of nitrogens with zero attached hydrogens (tertiary/aromatic N) is 3. The predicted molar refractivity (Wildman–Crippen MR) is 126 cm³/mol. The molecule has 0 bridgehead atoms. The number of benzene rings is 1. The van der Waals surface area contributed by atoms with E-state index in [0.717, 1.165) is 0 Å². The number of hydrogen-bond donors (Lipinski definition) is 1. The van der Waals surface area contributed by atoms with E-state index in [4.69, 9.17) is 4.74 Å². The van der Waals surface area contributed by atoms with Crippen LogP contribution in [0.2, 0.25) is 0 Å². The quantitative estimate of drug-likeness (QED) is 0.684. The highest BCUT2D eigenvalue weighted by atomic mass is 19.1. The van der Waals surface area contributed by atoms with Gasteiger partial charge >= 0.3 is 0 Å². The Morgan fingerprint density at radius 2 is 1.86 bits per heavy atom. The molecule has 3 heterocycles. The molecule has 2 aromatic rings. The molecule has 2 fully saturated rings. The largest absolute Gasteiger partial charge is 0.353 e. The second kappa shape index (κ2) is 10.5. The number of pyridine rings is 1. The molecule has 1 atom stereocenters. The first-order valence-corrected chi connectivity index (χ1v) is 12.0. The van der Waals surface area contributed by atoms with Gasteiger partial charge < -0.3 is 15.0 Å². The number of likely N-dealkylation sites (tertiary alicyclic amines) is 1. The Hall–Kier alpha value is -3.33. The van der Waals surface area contributed by atoms with Gasteiger partial charge in [0.2, 0.25) is 11.8 Å². The minimum atomic E-state index is -1.01. The Labute approximate surface area is 204 Å². The van der Waals surface area contributed by atoms with Crippen molar-refractivity contribution >= 4 is 17.7 Å². The number of amides is 3. The average Bonchev–Trinajstić information content (AvgIpc) is 3.21. The fraction of sp³-hybridized carbons (Fsp3) is 0.462. The van der Waals surface area contributed by atoms with Gasteiger partial charge in [0.15, 0.2) is 0 Å². The second-order valence-corrected chi connectivity index (χ2v) is 9.47.